The van der Waals surface area contributed by atoms with Crippen LogP contribution in [0.25, 0.3) is 38.8 Å². The first kappa shape index (κ1) is 26.4. The fourth-order valence-corrected chi connectivity index (χ4v) is 4.96. The summed E-state index contributed by atoms with van der Waals surface area (Å²) in [4.78, 5) is 19.8. The zero-order valence-electron chi connectivity index (χ0n) is 23.3. The summed E-state index contributed by atoms with van der Waals surface area (Å²) in [5.41, 5.74) is 7.32. The fraction of sp³-hybridized carbons (Fsp3) is 0.300. The van der Waals surface area contributed by atoms with Gasteiger partial charge >= 0.3 is 0 Å². The van der Waals surface area contributed by atoms with Gasteiger partial charge in [0.2, 0.25) is 0 Å². The highest BCUT2D eigenvalue weighted by Crippen LogP contribution is 2.33. The number of nitrogens with zero attached hydrogens (tertiary/aromatic N) is 6. The van der Waals surface area contributed by atoms with Gasteiger partial charge in [-0.2, -0.15) is 5.10 Å². The van der Waals surface area contributed by atoms with E-state index in [1.54, 1.807) is 6.08 Å². The SMILES string of the molecule is C=C/C(=C\C(=C/C)c1cc2c(-c3cc4c(N5CCN(C)CC5)nccc4[nH]3)n[nH]c2cn1)NC(=C)CN(C)C. The number of nitrogens with one attached hydrogen (secondary N) is 3. The van der Waals surface area contributed by atoms with Crippen molar-refractivity contribution in [2.24, 2.45) is 0 Å². The first-order valence-electron chi connectivity index (χ1n) is 13.2. The van der Waals surface area contributed by atoms with E-state index in [1.807, 2.05) is 51.6 Å². The van der Waals surface area contributed by atoms with Crippen LogP contribution in [0.1, 0.15) is 12.6 Å². The topological polar surface area (TPSA) is 92.0 Å². The third-order valence-electron chi connectivity index (χ3n) is 7.00. The lowest BCUT2D eigenvalue weighted by atomic mass is 10.1. The summed E-state index contributed by atoms with van der Waals surface area (Å²) in [7, 11) is 6.19. The van der Waals surface area contributed by atoms with Crippen molar-refractivity contribution in [3.05, 3.63) is 79.1 Å². The highest BCUT2D eigenvalue weighted by molar-refractivity contribution is 5.99. The molecule has 1 fully saturated rings. The summed E-state index contributed by atoms with van der Waals surface area (Å²) >= 11 is 0. The van der Waals surface area contributed by atoms with Crippen molar-refractivity contribution in [3.63, 3.8) is 0 Å². The molecular formula is C30H37N9. The minimum absolute atomic E-state index is 0.732. The van der Waals surface area contributed by atoms with Crippen molar-refractivity contribution in [2.45, 2.75) is 6.92 Å². The number of piperazine rings is 1. The Morgan fingerprint density at radius 2 is 1.92 bits per heavy atom. The fourth-order valence-electron chi connectivity index (χ4n) is 4.96. The van der Waals surface area contributed by atoms with E-state index in [4.69, 9.17) is 9.97 Å². The summed E-state index contributed by atoms with van der Waals surface area (Å²) in [6.45, 7) is 14.8. The van der Waals surface area contributed by atoms with Gasteiger partial charge in [0.25, 0.3) is 0 Å². The first-order chi connectivity index (χ1) is 18.9. The predicted octanol–water partition coefficient (Wildman–Crippen LogP) is 4.39. The standard InChI is InChI=1S/C30H37N9/c1-7-21(15-22(8-2)33-20(3)19-37(4)5)26-16-23-28(18-32-26)35-36-29(23)27-17-24-25(34-27)9-10-31-30(24)39-13-11-38(6)12-14-39/h7-10,15-18,33-34H,2-3,11-14,19H2,1,4-6H3,(H,35,36)/b21-7+,22-15+. The second-order valence-corrected chi connectivity index (χ2v) is 10.3. The van der Waals surface area contributed by atoms with Crippen LogP contribution in [0.15, 0.2) is 73.4 Å². The number of aromatic amines is 2. The molecule has 4 aromatic heterocycles. The second kappa shape index (κ2) is 11.3. The van der Waals surface area contributed by atoms with Gasteiger partial charge in [-0.05, 0) is 64.0 Å². The molecule has 5 rings (SSSR count). The summed E-state index contributed by atoms with van der Waals surface area (Å²) in [5, 5.41) is 13.3. The quantitative estimate of drug-likeness (QED) is 0.280. The number of hydrogen-bond acceptors (Lipinski definition) is 7. The van der Waals surface area contributed by atoms with E-state index in [0.717, 1.165) is 94.4 Å². The minimum Gasteiger partial charge on any atom is -0.358 e. The van der Waals surface area contributed by atoms with Gasteiger partial charge in [0.15, 0.2) is 0 Å². The molecule has 1 saturated heterocycles. The maximum atomic E-state index is 4.75. The van der Waals surface area contributed by atoms with Crippen LogP contribution in [-0.2, 0) is 0 Å². The first-order valence-corrected chi connectivity index (χ1v) is 13.2. The van der Waals surface area contributed by atoms with Crippen molar-refractivity contribution >= 4 is 33.2 Å². The van der Waals surface area contributed by atoms with Gasteiger partial charge in [-0.25, -0.2) is 4.98 Å². The molecule has 9 heteroatoms. The Bertz CT molecular complexity index is 1560. The van der Waals surface area contributed by atoms with Crippen molar-refractivity contribution in [1.29, 1.82) is 0 Å². The monoisotopic (exact) mass is 523 g/mol. The Morgan fingerprint density at radius 1 is 1.13 bits per heavy atom. The average Bonchev–Trinajstić information content (AvgIpc) is 3.54. The molecule has 0 saturated carbocycles. The smallest absolute Gasteiger partial charge is 0.138 e. The van der Waals surface area contributed by atoms with Gasteiger partial charge in [0.05, 0.1) is 28.6 Å². The lowest BCUT2D eigenvalue weighted by Gasteiger charge is -2.33. The van der Waals surface area contributed by atoms with E-state index in [9.17, 15) is 0 Å². The number of H-pyrrole nitrogens is 2. The van der Waals surface area contributed by atoms with Crippen LogP contribution in [-0.4, -0.2) is 88.8 Å². The Morgan fingerprint density at radius 3 is 2.64 bits per heavy atom. The van der Waals surface area contributed by atoms with E-state index in [0.29, 0.717) is 0 Å². The molecule has 5 heterocycles. The number of likely N-dealkylation sites (N-methyl/N-ethyl adjacent to an activating group) is 2. The second-order valence-electron chi connectivity index (χ2n) is 10.3. The summed E-state index contributed by atoms with van der Waals surface area (Å²) in [6, 6.07) is 6.27. The zero-order valence-corrected chi connectivity index (χ0v) is 23.3. The van der Waals surface area contributed by atoms with Crippen LogP contribution in [0.5, 0.6) is 0 Å². The highest BCUT2D eigenvalue weighted by Gasteiger charge is 2.20. The molecule has 0 amide bonds. The van der Waals surface area contributed by atoms with Crippen LogP contribution >= 0.6 is 0 Å². The molecular weight excluding hydrogens is 486 g/mol. The number of hydrogen-bond donors (Lipinski definition) is 3. The van der Waals surface area contributed by atoms with E-state index < -0.39 is 0 Å². The minimum atomic E-state index is 0.732. The Labute approximate surface area is 229 Å². The van der Waals surface area contributed by atoms with Crippen molar-refractivity contribution < 1.29 is 0 Å². The van der Waals surface area contributed by atoms with Crippen LogP contribution < -0.4 is 10.2 Å². The van der Waals surface area contributed by atoms with E-state index in [-0.39, 0.29) is 0 Å². The molecule has 9 nitrogen and oxygen atoms in total. The number of fused-ring (bicyclic) bond motifs is 2. The number of aromatic nitrogens is 5. The van der Waals surface area contributed by atoms with E-state index >= 15 is 0 Å². The predicted molar refractivity (Wildman–Crippen MR) is 161 cm³/mol. The maximum absolute atomic E-state index is 4.75. The molecule has 202 valence electrons. The molecule has 0 radical (unpaired) electrons. The molecule has 0 aromatic carbocycles. The molecule has 3 N–H and O–H groups in total. The van der Waals surface area contributed by atoms with Crippen molar-refractivity contribution in [2.75, 3.05) is 58.8 Å². The molecule has 4 aromatic rings. The van der Waals surface area contributed by atoms with E-state index in [2.05, 4.69) is 67.5 Å². The van der Waals surface area contributed by atoms with Gasteiger partial charge in [0.1, 0.15) is 11.5 Å². The van der Waals surface area contributed by atoms with Crippen molar-refractivity contribution in [1.82, 2.24) is 40.3 Å². The third kappa shape index (κ3) is 5.64. The third-order valence-corrected chi connectivity index (χ3v) is 7.00. The van der Waals surface area contributed by atoms with Crippen LogP contribution in [0, 0.1) is 0 Å². The highest BCUT2D eigenvalue weighted by atomic mass is 15.3. The molecule has 1 aliphatic heterocycles. The Kier molecular flexibility index (Phi) is 7.63. The molecule has 1 aliphatic rings. The molecule has 0 spiro atoms. The molecule has 0 unspecified atom stereocenters. The lowest BCUT2D eigenvalue weighted by molar-refractivity contribution is 0.312. The summed E-state index contributed by atoms with van der Waals surface area (Å²) in [6.07, 6.45) is 9.60. The van der Waals surface area contributed by atoms with Gasteiger partial charge in [-0.1, -0.05) is 19.2 Å². The van der Waals surface area contributed by atoms with Gasteiger partial charge in [0, 0.05) is 61.1 Å². The number of rotatable bonds is 9. The molecule has 39 heavy (non-hydrogen) atoms. The molecule has 0 bridgehead atoms. The largest absolute Gasteiger partial charge is 0.358 e. The van der Waals surface area contributed by atoms with Gasteiger partial charge < -0.3 is 25.0 Å². The average molecular weight is 524 g/mol. The van der Waals surface area contributed by atoms with Gasteiger partial charge in [-0.15, -0.1) is 0 Å². The Hall–Kier alpha value is -4.21. The van der Waals surface area contributed by atoms with E-state index in [1.165, 1.54) is 0 Å². The van der Waals surface area contributed by atoms with Crippen LogP contribution in [0.2, 0.25) is 0 Å². The number of pyridine rings is 2. The van der Waals surface area contributed by atoms with Crippen molar-refractivity contribution in [3.8, 4) is 11.4 Å². The zero-order chi connectivity index (χ0) is 27.5. The number of allylic oxidation sites excluding steroid dienone is 4. The lowest BCUT2D eigenvalue weighted by Crippen LogP contribution is -2.44. The molecule has 0 atom stereocenters. The Balaban J connectivity index is 1.48. The normalized spacial score (nSPS) is 15.5. The van der Waals surface area contributed by atoms with Crippen LogP contribution in [0.4, 0.5) is 5.82 Å². The summed E-state index contributed by atoms with van der Waals surface area (Å²) < 4.78 is 0. The van der Waals surface area contributed by atoms with Crippen LogP contribution in [0.3, 0.4) is 0 Å². The van der Waals surface area contributed by atoms with Gasteiger partial charge in [-0.3, -0.25) is 10.1 Å². The molecule has 0 aliphatic carbocycles. The number of anilines is 1. The summed E-state index contributed by atoms with van der Waals surface area (Å²) in [5.74, 6) is 1.02. The maximum Gasteiger partial charge on any atom is 0.138 e.